The summed E-state index contributed by atoms with van der Waals surface area (Å²) in [5, 5.41) is 9.27. The molecular formula is C16H9F4N3O2. The normalized spacial score (nSPS) is 11.4. The third-order valence-electron chi connectivity index (χ3n) is 3.17. The Bertz CT molecular complexity index is 921. The van der Waals surface area contributed by atoms with Crippen molar-refractivity contribution in [3.8, 4) is 11.5 Å². The molecule has 0 saturated carbocycles. The van der Waals surface area contributed by atoms with E-state index in [0.29, 0.717) is 0 Å². The summed E-state index contributed by atoms with van der Waals surface area (Å²) in [5.74, 6) is -2.24. The Morgan fingerprint density at radius 2 is 1.80 bits per heavy atom. The van der Waals surface area contributed by atoms with Crippen molar-refractivity contribution in [2.45, 2.75) is 6.18 Å². The number of carbonyl (C=O) groups excluding carboxylic acids is 1. The number of aromatic nitrogens is 2. The van der Waals surface area contributed by atoms with Crippen LogP contribution in [0.3, 0.4) is 0 Å². The molecular weight excluding hydrogens is 342 g/mol. The SMILES string of the molecule is O=C(Nc1cccc(C(F)(F)F)c1)c1nnc(-c2ccccc2F)o1. The molecule has 1 amide bonds. The zero-order valence-electron chi connectivity index (χ0n) is 12.3. The molecule has 0 aliphatic heterocycles. The quantitative estimate of drug-likeness (QED) is 0.720. The molecule has 9 heteroatoms. The first-order valence-electron chi connectivity index (χ1n) is 6.91. The van der Waals surface area contributed by atoms with Crippen molar-refractivity contribution in [3.05, 3.63) is 65.8 Å². The average Bonchev–Trinajstić information content (AvgIpc) is 3.04. The van der Waals surface area contributed by atoms with E-state index in [-0.39, 0.29) is 17.1 Å². The average molecular weight is 351 g/mol. The lowest BCUT2D eigenvalue weighted by Gasteiger charge is -2.08. The lowest BCUT2D eigenvalue weighted by Crippen LogP contribution is -2.13. The Hall–Kier alpha value is -3.23. The van der Waals surface area contributed by atoms with Crippen LogP contribution < -0.4 is 5.32 Å². The van der Waals surface area contributed by atoms with E-state index in [2.05, 4.69) is 15.5 Å². The van der Waals surface area contributed by atoms with Crippen LogP contribution in [0, 0.1) is 5.82 Å². The molecule has 1 aromatic heterocycles. The standard InChI is InChI=1S/C16H9F4N3O2/c17-12-7-2-1-6-11(12)14-22-23-15(25-14)13(24)21-10-5-3-4-9(8-10)16(18,19)20/h1-8H,(H,21,24). The second-order valence-corrected chi connectivity index (χ2v) is 4.92. The minimum absolute atomic E-state index is 0.00752. The second-order valence-electron chi connectivity index (χ2n) is 4.92. The Kier molecular flexibility index (Phi) is 4.22. The Balaban J connectivity index is 1.80. The maximum atomic E-state index is 13.7. The van der Waals surface area contributed by atoms with Gasteiger partial charge in [-0.1, -0.05) is 18.2 Å². The summed E-state index contributed by atoms with van der Waals surface area (Å²) in [4.78, 5) is 12.0. The molecule has 0 spiro atoms. The summed E-state index contributed by atoms with van der Waals surface area (Å²) < 4.78 is 56.7. The molecule has 5 nitrogen and oxygen atoms in total. The fourth-order valence-electron chi connectivity index (χ4n) is 2.02. The third kappa shape index (κ3) is 3.65. The fraction of sp³-hybridized carbons (Fsp3) is 0.0625. The highest BCUT2D eigenvalue weighted by atomic mass is 19.4. The van der Waals surface area contributed by atoms with Crippen molar-refractivity contribution < 1.29 is 26.8 Å². The van der Waals surface area contributed by atoms with Gasteiger partial charge in [-0.05, 0) is 30.3 Å². The number of benzene rings is 2. The molecule has 0 fully saturated rings. The summed E-state index contributed by atoms with van der Waals surface area (Å²) >= 11 is 0. The predicted octanol–water partition coefficient (Wildman–Crippen LogP) is 4.15. The monoisotopic (exact) mass is 351 g/mol. The maximum absolute atomic E-state index is 13.7. The topological polar surface area (TPSA) is 68.0 Å². The van der Waals surface area contributed by atoms with Gasteiger partial charge in [-0.15, -0.1) is 10.2 Å². The van der Waals surface area contributed by atoms with E-state index in [0.717, 1.165) is 18.2 Å². The first kappa shape index (κ1) is 16.6. The molecule has 0 unspecified atom stereocenters. The zero-order valence-corrected chi connectivity index (χ0v) is 12.3. The number of hydrogen-bond acceptors (Lipinski definition) is 4. The van der Waals surface area contributed by atoms with Crippen molar-refractivity contribution in [3.63, 3.8) is 0 Å². The molecule has 0 bridgehead atoms. The molecule has 3 rings (SSSR count). The number of nitrogens with one attached hydrogen (secondary N) is 1. The number of alkyl halides is 3. The Morgan fingerprint density at radius 3 is 2.52 bits per heavy atom. The highest BCUT2D eigenvalue weighted by Gasteiger charge is 2.30. The van der Waals surface area contributed by atoms with Gasteiger partial charge in [0, 0.05) is 5.69 Å². The maximum Gasteiger partial charge on any atom is 0.416 e. The van der Waals surface area contributed by atoms with Gasteiger partial charge in [-0.25, -0.2) is 4.39 Å². The lowest BCUT2D eigenvalue weighted by atomic mass is 10.2. The van der Waals surface area contributed by atoms with Crippen molar-refractivity contribution >= 4 is 11.6 Å². The number of nitrogens with zero attached hydrogens (tertiary/aromatic N) is 2. The van der Waals surface area contributed by atoms with Gasteiger partial charge in [0.25, 0.3) is 5.89 Å². The number of amides is 1. The van der Waals surface area contributed by atoms with Gasteiger partial charge >= 0.3 is 18.0 Å². The second kappa shape index (κ2) is 6.34. The van der Waals surface area contributed by atoms with Crippen molar-refractivity contribution in [1.82, 2.24) is 10.2 Å². The van der Waals surface area contributed by atoms with Crippen molar-refractivity contribution in [2.24, 2.45) is 0 Å². The van der Waals surface area contributed by atoms with Gasteiger partial charge in [0.1, 0.15) is 5.82 Å². The highest BCUT2D eigenvalue weighted by molar-refractivity contribution is 6.01. The van der Waals surface area contributed by atoms with Crippen LogP contribution in [-0.4, -0.2) is 16.1 Å². The van der Waals surface area contributed by atoms with Crippen LogP contribution in [0.2, 0.25) is 0 Å². The molecule has 0 aliphatic rings. The molecule has 0 radical (unpaired) electrons. The largest absolute Gasteiger partial charge is 0.416 e. The summed E-state index contributed by atoms with van der Waals surface area (Å²) in [5.41, 5.74) is -0.999. The molecule has 0 atom stereocenters. The highest BCUT2D eigenvalue weighted by Crippen LogP contribution is 2.30. The molecule has 25 heavy (non-hydrogen) atoms. The summed E-state index contributed by atoms with van der Waals surface area (Å²) in [6, 6.07) is 9.66. The zero-order chi connectivity index (χ0) is 18.0. The first-order valence-corrected chi connectivity index (χ1v) is 6.91. The molecule has 1 heterocycles. The Morgan fingerprint density at radius 1 is 1.04 bits per heavy atom. The van der Waals surface area contributed by atoms with Crippen LogP contribution in [0.25, 0.3) is 11.5 Å². The summed E-state index contributed by atoms with van der Waals surface area (Å²) in [7, 11) is 0. The smallest absolute Gasteiger partial charge is 0.412 e. The van der Waals surface area contributed by atoms with E-state index in [9.17, 15) is 22.4 Å². The molecule has 0 saturated heterocycles. The van der Waals surface area contributed by atoms with Crippen LogP contribution in [0.4, 0.5) is 23.2 Å². The van der Waals surface area contributed by atoms with E-state index in [1.54, 1.807) is 6.07 Å². The summed E-state index contributed by atoms with van der Waals surface area (Å²) in [6.45, 7) is 0. The van der Waals surface area contributed by atoms with Gasteiger partial charge in [-0.2, -0.15) is 13.2 Å². The predicted molar refractivity (Wildman–Crippen MR) is 79.1 cm³/mol. The van der Waals surface area contributed by atoms with Gasteiger partial charge in [-0.3, -0.25) is 4.79 Å². The number of rotatable bonds is 3. The lowest BCUT2D eigenvalue weighted by molar-refractivity contribution is -0.137. The third-order valence-corrected chi connectivity index (χ3v) is 3.17. The van der Waals surface area contributed by atoms with Crippen LogP contribution in [0.15, 0.2) is 52.9 Å². The molecule has 3 aromatic rings. The van der Waals surface area contributed by atoms with Crippen LogP contribution in [0.1, 0.15) is 16.2 Å². The number of carbonyl (C=O) groups is 1. The van der Waals surface area contributed by atoms with E-state index in [1.165, 1.54) is 24.3 Å². The minimum atomic E-state index is -4.54. The van der Waals surface area contributed by atoms with Crippen molar-refractivity contribution in [1.29, 1.82) is 0 Å². The van der Waals surface area contributed by atoms with E-state index in [4.69, 9.17) is 4.42 Å². The molecule has 0 aliphatic carbocycles. The van der Waals surface area contributed by atoms with Crippen LogP contribution in [-0.2, 0) is 6.18 Å². The van der Waals surface area contributed by atoms with Gasteiger partial charge in [0.2, 0.25) is 0 Å². The molecule has 2 aromatic carbocycles. The van der Waals surface area contributed by atoms with Gasteiger partial charge < -0.3 is 9.73 Å². The van der Waals surface area contributed by atoms with Crippen LogP contribution >= 0.6 is 0 Å². The fourth-order valence-corrected chi connectivity index (χ4v) is 2.02. The van der Waals surface area contributed by atoms with E-state index < -0.39 is 29.4 Å². The van der Waals surface area contributed by atoms with Crippen molar-refractivity contribution in [2.75, 3.05) is 5.32 Å². The van der Waals surface area contributed by atoms with Crippen LogP contribution in [0.5, 0.6) is 0 Å². The van der Waals surface area contributed by atoms with Gasteiger partial charge in [0.05, 0.1) is 11.1 Å². The number of halogens is 4. The van der Waals surface area contributed by atoms with E-state index in [1.807, 2.05) is 0 Å². The first-order chi connectivity index (χ1) is 11.8. The number of anilines is 1. The summed E-state index contributed by atoms with van der Waals surface area (Å²) in [6.07, 6.45) is -4.54. The number of hydrogen-bond donors (Lipinski definition) is 1. The molecule has 128 valence electrons. The van der Waals surface area contributed by atoms with E-state index >= 15 is 0 Å². The molecule has 1 N–H and O–H groups in total. The minimum Gasteiger partial charge on any atom is -0.412 e. The Labute approximate surface area is 138 Å². The van der Waals surface area contributed by atoms with Gasteiger partial charge in [0.15, 0.2) is 0 Å².